The van der Waals surface area contributed by atoms with Gasteiger partial charge in [-0.2, -0.15) is 5.10 Å². The number of halogens is 2. The van der Waals surface area contributed by atoms with Crippen LogP contribution >= 0.6 is 11.6 Å². The molecule has 0 spiro atoms. The quantitative estimate of drug-likeness (QED) is 0.930. The Labute approximate surface area is 110 Å². The van der Waals surface area contributed by atoms with Gasteiger partial charge in [0.15, 0.2) is 0 Å². The number of hydrogen-bond donors (Lipinski definition) is 1. The highest BCUT2D eigenvalue weighted by atomic mass is 35.5. The molecule has 0 aliphatic heterocycles. The Bertz CT molecular complexity index is 568. The van der Waals surface area contributed by atoms with E-state index in [1.807, 2.05) is 13.0 Å². The summed E-state index contributed by atoms with van der Waals surface area (Å²) in [4.78, 5) is 0. The third kappa shape index (κ3) is 2.71. The first-order chi connectivity index (χ1) is 8.47. The Morgan fingerprint density at radius 2 is 2.17 bits per heavy atom. The largest absolute Gasteiger partial charge is 0.388 e. The number of benzene rings is 1. The molecule has 0 bridgehead atoms. The highest BCUT2D eigenvalue weighted by molar-refractivity contribution is 6.30. The second kappa shape index (κ2) is 5.08. The summed E-state index contributed by atoms with van der Waals surface area (Å²) in [5.41, 5.74) is 1.92. The summed E-state index contributed by atoms with van der Waals surface area (Å²) < 4.78 is 15.3. The number of aromatic nitrogens is 2. The smallest absolute Gasteiger partial charge is 0.129 e. The predicted molar refractivity (Wildman–Crippen MR) is 68.0 cm³/mol. The molecule has 0 aliphatic rings. The highest BCUT2D eigenvalue weighted by Crippen LogP contribution is 2.24. The van der Waals surface area contributed by atoms with Crippen molar-refractivity contribution >= 4 is 11.6 Å². The zero-order valence-electron chi connectivity index (χ0n) is 10.2. The standard InChI is InChI=1S/C13H14ClFN2O/c1-8-5-10(17(2)16-8)7-13(18)11-6-9(14)3-4-12(11)15/h3-6,13,18H,7H2,1-2H3. The zero-order chi connectivity index (χ0) is 13.3. The number of aliphatic hydroxyl groups excluding tert-OH is 1. The third-order valence-corrected chi connectivity index (χ3v) is 3.05. The second-order valence-corrected chi connectivity index (χ2v) is 4.72. The Kier molecular flexibility index (Phi) is 3.68. The van der Waals surface area contributed by atoms with Gasteiger partial charge < -0.3 is 5.11 Å². The maximum atomic E-state index is 13.6. The van der Waals surface area contributed by atoms with E-state index in [1.165, 1.54) is 18.2 Å². The van der Waals surface area contributed by atoms with Gasteiger partial charge in [-0.1, -0.05) is 11.6 Å². The van der Waals surface area contributed by atoms with Crippen molar-refractivity contribution in [3.8, 4) is 0 Å². The van der Waals surface area contributed by atoms with E-state index in [-0.39, 0.29) is 5.56 Å². The van der Waals surface area contributed by atoms with Gasteiger partial charge in [-0.05, 0) is 31.2 Å². The van der Waals surface area contributed by atoms with Crippen molar-refractivity contribution in [3.05, 3.63) is 52.1 Å². The number of aryl methyl sites for hydroxylation is 2. The van der Waals surface area contributed by atoms with Crippen LogP contribution in [0.5, 0.6) is 0 Å². The molecule has 1 heterocycles. The lowest BCUT2D eigenvalue weighted by Gasteiger charge is -2.12. The minimum absolute atomic E-state index is 0.210. The molecule has 2 aromatic rings. The van der Waals surface area contributed by atoms with Crippen molar-refractivity contribution in [1.29, 1.82) is 0 Å². The predicted octanol–water partition coefficient (Wildman–Crippen LogP) is 2.80. The molecular formula is C13H14ClFN2O. The van der Waals surface area contributed by atoms with Gasteiger partial charge in [-0.25, -0.2) is 4.39 Å². The average molecular weight is 269 g/mol. The van der Waals surface area contributed by atoms with E-state index >= 15 is 0 Å². The van der Waals surface area contributed by atoms with Crippen molar-refractivity contribution in [1.82, 2.24) is 9.78 Å². The SMILES string of the molecule is Cc1cc(CC(O)c2cc(Cl)ccc2F)n(C)n1. The molecule has 1 aromatic heterocycles. The van der Waals surface area contributed by atoms with E-state index in [0.717, 1.165) is 11.4 Å². The molecule has 96 valence electrons. The summed E-state index contributed by atoms with van der Waals surface area (Å²) in [7, 11) is 1.80. The molecule has 18 heavy (non-hydrogen) atoms. The molecule has 0 saturated heterocycles. The van der Waals surface area contributed by atoms with Gasteiger partial charge >= 0.3 is 0 Å². The van der Waals surface area contributed by atoms with Crippen LogP contribution in [0.2, 0.25) is 5.02 Å². The number of hydrogen-bond acceptors (Lipinski definition) is 2. The van der Waals surface area contributed by atoms with Crippen LogP contribution in [0.1, 0.15) is 23.1 Å². The molecule has 1 aromatic carbocycles. The molecule has 0 saturated carbocycles. The third-order valence-electron chi connectivity index (χ3n) is 2.82. The number of aliphatic hydroxyl groups is 1. The van der Waals surface area contributed by atoms with E-state index in [0.29, 0.717) is 11.4 Å². The van der Waals surface area contributed by atoms with Gasteiger partial charge in [-0.3, -0.25) is 4.68 Å². The van der Waals surface area contributed by atoms with Crippen LogP contribution in [-0.2, 0) is 13.5 Å². The summed E-state index contributed by atoms with van der Waals surface area (Å²) in [5, 5.41) is 14.7. The zero-order valence-corrected chi connectivity index (χ0v) is 10.9. The van der Waals surface area contributed by atoms with E-state index in [2.05, 4.69) is 5.10 Å². The maximum Gasteiger partial charge on any atom is 0.129 e. The highest BCUT2D eigenvalue weighted by Gasteiger charge is 2.16. The van der Waals surface area contributed by atoms with Gasteiger partial charge in [-0.15, -0.1) is 0 Å². The van der Waals surface area contributed by atoms with Crippen molar-refractivity contribution in [2.24, 2.45) is 7.05 Å². The van der Waals surface area contributed by atoms with Crippen LogP contribution in [0.25, 0.3) is 0 Å². The first kappa shape index (κ1) is 13.1. The molecular weight excluding hydrogens is 255 g/mol. The van der Waals surface area contributed by atoms with Crippen molar-refractivity contribution in [3.63, 3.8) is 0 Å². The monoisotopic (exact) mass is 268 g/mol. The first-order valence-electron chi connectivity index (χ1n) is 5.60. The lowest BCUT2D eigenvalue weighted by Crippen LogP contribution is -2.08. The van der Waals surface area contributed by atoms with E-state index in [1.54, 1.807) is 11.7 Å². The maximum absolute atomic E-state index is 13.6. The van der Waals surface area contributed by atoms with Crippen molar-refractivity contribution in [2.75, 3.05) is 0 Å². The van der Waals surface area contributed by atoms with Crippen LogP contribution in [0.4, 0.5) is 4.39 Å². The fraction of sp³-hybridized carbons (Fsp3) is 0.308. The van der Waals surface area contributed by atoms with Gasteiger partial charge in [0.05, 0.1) is 11.8 Å². The average Bonchev–Trinajstić information content (AvgIpc) is 2.61. The van der Waals surface area contributed by atoms with E-state index in [4.69, 9.17) is 11.6 Å². The summed E-state index contributed by atoms with van der Waals surface area (Å²) in [6.45, 7) is 1.87. The molecule has 0 aliphatic carbocycles. The van der Waals surface area contributed by atoms with Gasteiger partial charge in [0.1, 0.15) is 5.82 Å². The van der Waals surface area contributed by atoms with Gasteiger partial charge in [0.25, 0.3) is 0 Å². The van der Waals surface area contributed by atoms with Gasteiger partial charge in [0, 0.05) is 29.7 Å². The fourth-order valence-corrected chi connectivity index (χ4v) is 2.11. The van der Waals surface area contributed by atoms with Crippen LogP contribution in [-0.4, -0.2) is 14.9 Å². The molecule has 0 fully saturated rings. The molecule has 3 nitrogen and oxygen atoms in total. The lowest BCUT2D eigenvalue weighted by atomic mass is 10.0. The number of rotatable bonds is 3. The second-order valence-electron chi connectivity index (χ2n) is 4.29. The van der Waals surface area contributed by atoms with Crippen molar-refractivity contribution < 1.29 is 9.50 Å². The normalized spacial score (nSPS) is 12.7. The minimum Gasteiger partial charge on any atom is -0.388 e. The van der Waals surface area contributed by atoms with Crippen LogP contribution in [0.3, 0.4) is 0 Å². The van der Waals surface area contributed by atoms with E-state index < -0.39 is 11.9 Å². The Morgan fingerprint density at radius 1 is 1.44 bits per heavy atom. The summed E-state index contributed by atoms with van der Waals surface area (Å²) in [5.74, 6) is -0.453. The first-order valence-corrected chi connectivity index (χ1v) is 5.97. The number of nitrogens with zero attached hydrogens (tertiary/aromatic N) is 2. The lowest BCUT2D eigenvalue weighted by molar-refractivity contribution is 0.171. The molecule has 0 radical (unpaired) electrons. The molecule has 1 atom stereocenters. The summed E-state index contributed by atoms with van der Waals surface area (Å²) >= 11 is 5.80. The molecule has 5 heteroatoms. The minimum atomic E-state index is -0.932. The summed E-state index contributed by atoms with van der Waals surface area (Å²) in [6, 6.07) is 6.03. The topological polar surface area (TPSA) is 38.0 Å². The van der Waals surface area contributed by atoms with Crippen molar-refractivity contribution in [2.45, 2.75) is 19.4 Å². The fourth-order valence-electron chi connectivity index (χ4n) is 1.93. The molecule has 1 unspecified atom stereocenters. The Morgan fingerprint density at radius 3 is 2.78 bits per heavy atom. The van der Waals surface area contributed by atoms with Crippen LogP contribution in [0, 0.1) is 12.7 Å². The van der Waals surface area contributed by atoms with Gasteiger partial charge in [0.2, 0.25) is 0 Å². The molecule has 1 N–H and O–H groups in total. The van der Waals surface area contributed by atoms with Crippen LogP contribution in [0.15, 0.2) is 24.3 Å². The Balaban J connectivity index is 2.24. The van der Waals surface area contributed by atoms with Crippen LogP contribution < -0.4 is 0 Å². The molecule has 0 amide bonds. The van der Waals surface area contributed by atoms with E-state index in [9.17, 15) is 9.50 Å². The Hall–Kier alpha value is -1.39. The summed E-state index contributed by atoms with van der Waals surface area (Å²) in [6.07, 6.45) is -0.632. The molecule has 2 rings (SSSR count).